The van der Waals surface area contributed by atoms with Gasteiger partial charge >= 0.3 is 0 Å². The maximum atomic E-state index is 9.15. The van der Waals surface area contributed by atoms with E-state index in [2.05, 4.69) is 26.4 Å². The Kier molecular flexibility index (Phi) is 3.60. The zero-order chi connectivity index (χ0) is 17.2. The molecule has 122 valence electrons. The van der Waals surface area contributed by atoms with Crippen LogP contribution in [0.1, 0.15) is 30.3 Å². The molecule has 0 bridgehead atoms. The Morgan fingerprint density at radius 2 is 2.24 bits per heavy atom. The zero-order valence-electron chi connectivity index (χ0n) is 13.1. The molecule has 1 aliphatic rings. The van der Waals surface area contributed by atoms with Crippen LogP contribution in [0.5, 0.6) is 0 Å². The van der Waals surface area contributed by atoms with Crippen LogP contribution in [-0.2, 0) is 0 Å². The lowest BCUT2D eigenvalue weighted by Crippen LogP contribution is -2.17. The van der Waals surface area contributed by atoms with Crippen molar-refractivity contribution in [1.29, 1.82) is 10.5 Å². The molecule has 0 N–H and O–H groups in total. The van der Waals surface area contributed by atoms with Gasteiger partial charge in [0.15, 0.2) is 12.0 Å². The summed E-state index contributed by atoms with van der Waals surface area (Å²) in [6.07, 6.45) is 8.63. The second-order valence-corrected chi connectivity index (χ2v) is 5.59. The van der Waals surface area contributed by atoms with E-state index in [9.17, 15) is 0 Å². The molecule has 9 nitrogen and oxygen atoms in total. The van der Waals surface area contributed by atoms with Gasteiger partial charge in [-0.2, -0.15) is 20.6 Å². The summed E-state index contributed by atoms with van der Waals surface area (Å²) in [5.41, 5.74) is 1.70. The third-order valence-electron chi connectivity index (χ3n) is 4.06. The molecule has 3 aromatic rings. The molecule has 0 radical (unpaired) electrons. The molecule has 0 unspecified atom stereocenters. The standard InChI is InChI=1S/C16H12N8O/c17-7-11-8-20-24(9-11)12-3-4-19-13(6-12)16-21-15(22-25-16)14-2-1-5-23(14)10-18/h3-4,6,8-9,14H,1-2,5H2/t14-/m0/s1. The molecule has 4 heterocycles. The van der Waals surface area contributed by atoms with Crippen molar-refractivity contribution in [2.24, 2.45) is 0 Å². The van der Waals surface area contributed by atoms with Gasteiger partial charge in [0.1, 0.15) is 17.8 Å². The van der Waals surface area contributed by atoms with Crippen LogP contribution < -0.4 is 0 Å². The predicted molar refractivity (Wildman–Crippen MR) is 83.7 cm³/mol. The summed E-state index contributed by atoms with van der Waals surface area (Å²) in [6.45, 7) is 0.708. The highest BCUT2D eigenvalue weighted by atomic mass is 16.5. The summed E-state index contributed by atoms with van der Waals surface area (Å²) in [4.78, 5) is 10.3. The molecular weight excluding hydrogens is 320 g/mol. The van der Waals surface area contributed by atoms with E-state index in [0.29, 0.717) is 23.6 Å². The second-order valence-electron chi connectivity index (χ2n) is 5.59. The van der Waals surface area contributed by atoms with Crippen LogP contribution in [-0.4, -0.2) is 36.3 Å². The van der Waals surface area contributed by atoms with E-state index in [4.69, 9.17) is 15.0 Å². The van der Waals surface area contributed by atoms with E-state index >= 15 is 0 Å². The number of nitriles is 2. The number of pyridine rings is 1. The first-order chi connectivity index (χ1) is 12.3. The molecule has 4 rings (SSSR count). The average molecular weight is 332 g/mol. The Hall–Kier alpha value is -3.72. The zero-order valence-corrected chi connectivity index (χ0v) is 13.1. The summed E-state index contributed by atoms with van der Waals surface area (Å²) in [5.74, 6) is 0.779. The summed E-state index contributed by atoms with van der Waals surface area (Å²) in [6, 6.07) is 5.41. The van der Waals surface area contributed by atoms with Crippen LogP contribution >= 0.6 is 0 Å². The first kappa shape index (κ1) is 14.8. The van der Waals surface area contributed by atoms with E-state index in [0.717, 1.165) is 18.5 Å². The van der Waals surface area contributed by atoms with Gasteiger partial charge in [-0.15, -0.1) is 0 Å². The van der Waals surface area contributed by atoms with Crippen LogP contribution in [0, 0.1) is 22.8 Å². The monoisotopic (exact) mass is 332 g/mol. The lowest BCUT2D eigenvalue weighted by Gasteiger charge is -2.13. The van der Waals surface area contributed by atoms with Gasteiger partial charge < -0.3 is 4.52 Å². The summed E-state index contributed by atoms with van der Waals surface area (Å²) in [5, 5.41) is 26.2. The number of hydrogen-bond donors (Lipinski definition) is 0. The molecule has 0 aromatic carbocycles. The Bertz CT molecular complexity index is 992. The van der Waals surface area contributed by atoms with E-state index in [1.165, 1.54) is 6.20 Å². The van der Waals surface area contributed by atoms with Gasteiger partial charge in [0.2, 0.25) is 0 Å². The van der Waals surface area contributed by atoms with Gasteiger partial charge in [-0.05, 0) is 25.0 Å². The van der Waals surface area contributed by atoms with E-state index in [1.807, 2.05) is 6.07 Å². The predicted octanol–water partition coefficient (Wildman–Crippen LogP) is 1.81. The van der Waals surface area contributed by atoms with Crippen LogP contribution in [0.25, 0.3) is 17.3 Å². The molecule has 0 aliphatic carbocycles. The third kappa shape index (κ3) is 2.68. The van der Waals surface area contributed by atoms with E-state index in [1.54, 1.807) is 34.1 Å². The van der Waals surface area contributed by atoms with Crippen LogP contribution in [0.15, 0.2) is 35.2 Å². The van der Waals surface area contributed by atoms with Crippen LogP contribution in [0.4, 0.5) is 0 Å². The largest absolute Gasteiger partial charge is 0.332 e. The SMILES string of the molecule is N#Cc1cnn(-c2ccnc(-c3nc([C@@H]4CCCN4C#N)no3)c2)c1. The summed E-state index contributed by atoms with van der Waals surface area (Å²) in [7, 11) is 0. The van der Waals surface area contributed by atoms with E-state index in [-0.39, 0.29) is 11.9 Å². The normalized spacial score (nSPS) is 16.6. The number of hydrogen-bond acceptors (Lipinski definition) is 8. The lowest BCUT2D eigenvalue weighted by molar-refractivity contribution is 0.339. The van der Waals surface area contributed by atoms with E-state index < -0.39 is 0 Å². The fraction of sp³-hybridized carbons (Fsp3) is 0.250. The molecule has 0 amide bonds. The van der Waals surface area contributed by atoms with Gasteiger partial charge in [0.05, 0.1) is 17.4 Å². The fourth-order valence-electron chi connectivity index (χ4n) is 2.83. The maximum Gasteiger partial charge on any atom is 0.276 e. The van der Waals surface area contributed by atoms with Crippen molar-refractivity contribution in [2.45, 2.75) is 18.9 Å². The van der Waals surface area contributed by atoms with Crippen molar-refractivity contribution in [3.63, 3.8) is 0 Å². The second kappa shape index (κ2) is 6.06. The smallest absolute Gasteiger partial charge is 0.276 e. The number of likely N-dealkylation sites (tertiary alicyclic amines) is 1. The molecule has 0 saturated carbocycles. The molecule has 1 saturated heterocycles. The minimum Gasteiger partial charge on any atom is -0.332 e. The number of aromatic nitrogens is 5. The van der Waals surface area contributed by atoms with Crippen molar-refractivity contribution in [1.82, 2.24) is 29.8 Å². The first-order valence-electron chi connectivity index (χ1n) is 7.70. The van der Waals surface area contributed by atoms with Crippen LogP contribution in [0.3, 0.4) is 0 Å². The van der Waals surface area contributed by atoms with Gasteiger partial charge in [-0.3, -0.25) is 9.88 Å². The van der Waals surface area contributed by atoms with Crippen molar-refractivity contribution in [3.05, 3.63) is 42.1 Å². The highest BCUT2D eigenvalue weighted by Crippen LogP contribution is 2.30. The molecule has 25 heavy (non-hydrogen) atoms. The quantitative estimate of drug-likeness (QED) is 0.666. The fourth-order valence-corrected chi connectivity index (χ4v) is 2.83. The maximum absolute atomic E-state index is 9.15. The Labute approximate surface area is 142 Å². The minimum absolute atomic E-state index is 0.144. The molecule has 1 atom stereocenters. The summed E-state index contributed by atoms with van der Waals surface area (Å²) >= 11 is 0. The first-order valence-corrected chi connectivity index (χ1v) is 7.70. The molecule has 0 spiro atoms. The highest BCUT2D eigenvalue weighted by molar-refractivity contribution is 5.51. The Morgan fingerprint density at radius 3 is 3.04 bits per heavy atom. The van der Waals surface area contributed by atoms with Gasteiger partial charge in [-0.1, -0.05) is 5.16 Å². The Balaban J connectivity index is 1.64. The average Bonchev–Trinajstić information content (AvgIpc) is 3.41. The van der Waals surface area contributed by atoms with Gasteiger partial charge in [0, 0.05) is 18.9 Å². The van der Waals surface area contributed by atoms with Crippen molar-refractivity contribution in [3.8, 4) is 29.5 Å². The number of nitrogens with zero attached hydrogens (tertiary/aromatic N) is 8. The Morgan fingerprint density at radius 1 is 1.32 bits per heavy atom. The van der Waals surface area contributed by atoms with Gasteiger partial charge in [-0.25, -0.2) is 4.68 Å². The van der Waals surface area contributed by atoms with Crippen LogP contribution in [0.2, 0.25) is 0 Å². The van der Waals surface area contributed by atoms with Crippen molar-refractivity contribution in [2.75, 3.05) is 6.54 Å². The molecule has 9 heteroatoms. The molecule has 3 aromatic heterocycles. The topological polar surface area (TPSA) is 120 Å². The molecule has 1 aliphatic heterocycles. The van der Waals surface area contributed by atoms with Gasteiger partial charge in [0.25, 0.3) is 5.89 Å². The molecular formula is C16H12N8O. The third-order valence-corrected chi connectivity index (χ3v) is 4.06. The van der Waals surface area contributed by atoms with Crippen molar-refractivity contribution < 1.29 is 4.52 Å². The molecule has 1 fully saturated rings. The lowest BCUT2D eigenvalue weighted by atomic mass is 10.2. The number of rotatable bonds is 3. The highest BCUT2D eigenvalue weighted by Gasteiger charge is 2.29. The minimum atomic E-state index is -0.144. The summed E-state index contributed by atoms with van der Waals surface area (Å²) < 4.78 is 6.91. The van der Waals surface area contributed by atoms with Crippen molar-refractivity contribution >= 4 is 0 Å².